The smallest absolute Gasteiger partial charge is 0.183 e. The van der Waals surface area contributed by atoms with Gasteiger partial charge < -0.3 is 9.47 Å². The minimum Gasteiger partial charge on any atom is -0.355 e. The van der Waals surface area contributed by atoms with E-state index < -0.39 is 16.1 Å². The van der Waals surface area contributed by atoms with Crippen molar-refractivity contribution in [2.24, 2.45) is 0 Å². The normalized spacial score (nSPS) is 11.8. The summed E-state index contributed by atoms with van der Waals surface area (Å²) in [5.41, 5.74) is 0.511. The zero-order valence-corrected chi connectivity index (χ0v) is 12.1. The molecular formula is C13H18O5S. The SMILES string of the molecule is CCC(=O)c1ccc(S(=O)(=O)CC(OC)OC)cc1. The van der Waals surface area contributed by atoms with Crippen LogP contribution >= 0.6 is 0 Å². The van der Waals surface area contributed by atoms with Crippen LogP contribution in [0, 0.1) is 0 Å². The molecule has 0 spiro atoms. The van der Waals surface area contributed by atoms with Gasteiger partial charge in [0.05, 0.1) is 4.90 Å². The summed E-state index contributed by atoms with van der Waals surface area (Å²) in [4.78, 5) is 11.6. The maximum absolute atomic E-state index is 12.1. The van der Waals surface area contributed by atoms with E-state index in [-0.39, 0.29) is 16.4 Å². The van der Waals surface area contributed by atoms with E-state index >= 15 is 0 Å². The van der Waals surface area contributed by atoms with Gasteiger partial charge in [0, 0.05) is 26.2 Å². The van der Waals surface area contributed by atoms with Crippen molar-refractivity contribution in [2.45, 2.75) is 24.5 Å². The van der Waals surface area contributed by atoms with Crippen molar-refractivity contribution in [2.75, 3.05) is 20.0 Å². The predicted octanol–water partition coefficient (Wildman–Crippen LogP) is 1.67. The van der Waals surface area contributed by atoms with Gasteiger partial charge in [-0.2, -0.15) is 0 Å². The van der Waals surface area contributed by atoms with Gasteiger partial charge in [-0.05, 0) is 12.1 Å². The molecule has 0 fully saturated rings. The number of hydrogen-bond acceptors (Lipinski definition) is 5. The molecule has 0 heterocycles. The number of ketones is 1. The van der Waals surface area contributed by atoms with Gasteiger partial charge in [-0.15, -0.1) is 0 Å². The van der Waals surface area contributed by atoms with E-state index in [1.807, 2.05) is 0 Å². The zero-order chi connectivity index (χ0) is 14.5. The summed E-state index contributed by atoms with van der Waals surface area (Å²) in [5.74, 6) is -0.281. The standard InChI is InChI=1S/C13H18O5S/c1-4-12(14)10-5-7-11(8-6-10)19(15,16)9-13(17-2)18-3/h5-8,13H,4,9H2,1-3H3. The topological polar surface area (TPSA) is 69.7 Å². The molecular weight excluding hydrogens is 268 g/mol. The highest BCUT2D eigenvalue weighted by Crippen LogP contribution is 2.15. The first-order valence-electron chi connectivity index (χ1n) is 5.86. The summed E-state index contributed by atoms with van der Waals surface area (Å²) in [7, 11) is -0.731. The van der Waals surface area contributed by atoms with Crippen molar-refractivity contribution in [1.29, 1.82) is 0 Å². The molecule has 6 heteroatoms. The van der Waals surface area contributed by atoms with Crippen LogP contribution in [0.15, 0.2) is 29.2 Å². The molecule has 1 aromatic carbocycles. The Labute approximate surface area is 113 Å². The molecule has 0 saturated heterocycles. The molecule has 0 aliphatic heterocycles. The summed E-state index contributed by atoms with van der Waals surface area (Å²) >= 11 is 0. The van der Waals surface area contributed by atoms with E-state index in [2.05, 4.69) is 0 Å². The second-order valence-electron chi connectivity index (χ2n) is 3.98. The molecule has 0 radical (unpaired) electrons. The third kappa shape index (κ3) is 4.12. The number of carbonyl (C=O) groups excluding carboxylic acids is 1. The van der Waals surface area contributed by atoms with Gasteiger partial charge in [-0.1, -0.05) is 19.1 Å². The first kappa shape index (κ1) is 15.8. The predicted molar refractivity (Wildman–Crippen MR) is 70.9 cm³/mol. The van der Waals surface area contributed by atoms with Gasteiger partial charge in [0.25, 0.3) is 0 Å². The Morgan fingerprint density at radius 1 is 1.16 bits per heavy atom. The maximum atomic E-state index is 12.1. The Morgan fingerprint density at radius 3 is 2.11 bits per heavy atom. The first-order chi connectivity index (χ1) is 8.94. The van der Waals surface area contributed by atoms with Crippen LogP contribution in [0.5, 0.6) is 0 Å². The van der Waals surface area contributed by atoms with Gasteiger partial charge in [0.15, 0.2) is 21.9 Å². The number of ether oxygens (including phenoxy) is 2. The molecule has 0 unspecified atom stereocenters. The number of methoxy groups -OCH3 is 2. The molecule has 0 aromatic heterocycles. The molecule has 0 amide bonds. The number of carbonyl (C=O) groups is 1. The average Bonchev–Trinajstić information content (AvgIpc) is 2.44. The lowest BCUT2D eigenvalue weighted by Gasteiger charge is -2.13. The van der Waals surface area contributed by atoms with Crippen LogP contribution in [0.1, 0.15) is 23.7 Å². The van der Waals surface area contributed by atoms with Gasteiger partial charge >= 0.3 is 0 Å². The van der Waals surface area contributed by atoms with Gasteiger partial charge in [0.2, 0.25) is 0 Å². The minimum absolute atomic E-state index is 0.0180. The lowest BCUT2D eigenvalue weighted by Crippen LogP contribution is -2.24. The molecule has 0 aliphatic carbocycles. The van der Waals surface area contributed by atoms with Gasteiger partial charge in [-0.3, -0.25) is 4.79 Å². The summed E-state index contributed by atoms with van der Waals surface area (Å²) in [6.07, 6.45) is -0.413. The first-order valence-corrected chi connectivity index (χ1v) is 7.51. The Balaban J connectivity index is 2.93. The number of Topliss-reactive ketones (excluding diaryl/α,β-unsaturated/α-hetero) is 1. The number of rotatable bonds is 7. The highest BCUT2D eigenvalue weighted by atomic mass is 32.2. The molecule has 0 N–H and O–H groups in total. The Hall–Kier alpha value is -1.24. The van der Waals surface area contributed by atoms with Crippen LogP contribution in [0.4, 0.5) is 0 Å². The third-order valence-electron chi connectivity index (χ3n) is 2.74. The van der Waals surface area contributed by atoms with E-state index in [1.165, 1.54) is 38.5 Å². The highest BCUT2D eigenvalue weighted by Gasteiger charge is 2.21. The molecule has 1 rings (SSSR count). The molecule has 106 valence electrons. The van der Waals surface area contributed by atoms with Crippen molar-refractivity contribution in [3.63, 3.8) is 0 Å². The van der Waals surface area contributed by atoms with Crippen LogP contribution in [0.3, 0.4) is 0 Å². The van der Waals surface area contributed by atoms with Crippen LogP contribution in [-0.4, -0.2) is 40.5 Å². The maximum Gasteiger partial charge on any atom is 0.183 e. The van der Waals surface area contributed by atoms with E-state index in [0.717, 1.165) is 0 Å². The summed E-state index contributed by atoms with van der Waals surface area (Å²) < 4.78 is 33.9. The fraction of sp³-hybridized carbons (Fsp3) is 0.462. The number of benzene rings is 1. The summed E-state index contributed by atoms with van der Waals surface area (Å²) in [6.45, 7) is 1.76. The van der Waals surface area contributed by atoms with Crippen molar-refractivity contribution in [1.82, 2.24) is 0 Å². The van der Waals surface area contributed by atoms with Crippen LogP contribution in [0.25, 0.3) is 0 Å². The van der Waals surface area contributed by atoms with Crippen LogP contribution in [0.2, 0.25) is 0 Å². The van der Waals surface area contributed by atoms with E-state index in [0.29, 0.717) is 12.0 Å². The van der Waals surface area contributed by atoms with Crippen molar-refractivity contribution < 1.29 is 22.7 Å². The Kier molecular flexibility index (Phi) is 5.65. The Morgan fingerprint density at radius 2 is 1.68 bits per heavy atom. The summed E-state index contributed by atoms with van der Waals surface area (Å²) in [5, 5.41) is 0. The molecule has 5 nitrogen and oxygen atoms in total. The third-order valence-corrected chi connectivity index (χ3v) is 4.44. The lowest BCUT2D eigenvalue weighted by molar-refractivity contribution is -0.0851. The van der Waals surface area contributed by atoms with E-state index in [4.69, 9.17) is 9.47 Å². The van der Waals surface area contributed by atoms with Crippen LogP contribution < -0.4 is 0 Å². The van der Waals surface area contributed by atoms with E-state index in [9.17, 15) is 13.2 Å². The number of hydrogen-bond donors (Lipinski definition) is 0. The average molecular weight is 286 g/mol. The molecule has 0 aliphatic rings. The Bertz CT molecular complexity index is 514. The summed E-state index contributed by atoms with van der Waals surface area (Å²) in [6, 6.07) is 5.90. The van der Waals surface area contributed by atoms with Gasteiger partial charge in [0.1, 0.15) is 5.75 Å². The molecule has 0 bridgehead atoms. The fourth-order valence-electron chi connectivity index (χ4n) is 1.56. The zero-order valence-electron chi connectivity index (χ0n) is 11.3. The van der Waals surface area contributed by atoms with Crippen LogP contribution in [-0.2, 0) is 19.3 Å². The fourth-order valence-corrected chi connectivity index (χ4v) is 2.93. The second kappa shape index (κ2) is 6.79. The second-order valence-corrected chi connectivity index (χ2v) is 6.02. The molecule has 0 atom stereocenters. The number of sulfone groups is 1. The lowest BCUT2D eigenvalue weighted by atomic mass is 10.1. The highest BCUT2D eigenvalue weighted by molar-refractivity contribution is 7.91. The largest absolute Gasteiger partial charge is 0.355 e. The van der Waals surface area contributed by atoms with Crippen molar-refractivity contribution in [3.05, 3.63) is 29.8 Å². The van der Waals surface area contributed by atoms with Gasteiger partial charge in [-0.25, -0.2) is 8.42 Å². The quantitative estimate of drug-likeness (QED) is 0.563. The monoisotopic (exact) mass is 286 g/mol. The molecule has 1 aromatic rings. The van der Waals surface area contributed by atoms with Crippen molar-refractivity contribution >= 4 is 15.6 Å². The van der Waals surface area contributed by atoms with E-state index in [1.54, 1.807) is 6.92 Å². The molecule has 0 saturated carbocycles. The molecule has 19 heavy (non-hydrogen) atoms. The van der Waals surface area contributed by atoms with Crippen molar-refractivity contribution in [3.8, 4) is 0 Å². The minimum atomic E-state index is -3.49.